The van der Waals surface area contributed by atoms with Gasteiger partial charge in [-0.3, -0.25) is 19.7 Å². The van der Waals surface area contributed by atoms with Gasteiger partial charge in [-0.1, -0.05) is 6.92 Å². The zero-order valence-electron chi connectivity index (χ0n) is 11.5. The summed E-state index contributed by atoms with van der Waals surface area (Å²) in [6, 6.07) is 3.89. The summed E-state index contributed by atoms with van der Waals surface area (Å²) in [4.78, 5) is 24.1. The van der Waals surface area contributed by atoms with E-state index in [0.29, 0.717) is 12.8 Å². The van der Waals surface area contributed by atoms with Crippen LogP contribution in [-0.2, 0) is 11.2 Å². The molecule has 0 fully saturated rings. The Hall–Kier alpha value is -2.30. The molecule has 0 aliphatic heterocycles. The number of carbonyl (C=O) groups is 1. The smallest absolute Gasteiger partial charge is 0.220 e. The predicted octanol–water partition coefficient (Wildman–Crippen LogP) is 2.07. The zero-order chi connectivity index (χ0) is 14.2. The number of amides is 1. The summed E-state index contributed by atoms with van der Waals surface area (Å²) in [5.41, 5.74) is 1.91. The maximum Gasteiger partial charge on any atom is 0.220 e. The first-order valence-electron chi connectivity index (χ1n) is 6.73. The molecule has 2 aromatic heterocycles. The Morgan fingerprint density at radius 2 is 2.00 bits per heavy atom. The number of pyridine rings is 1. The highest BCUT2D eigenvalue weighted by molar-refractivity contribution is 5.76. The first kappa shape index (κ1) is 14.1. The lowest BCUT2D eigenvalue weighted by atomic mass is 10.1. The second-order valence-corrected chi connectivity index (χ2v) is 4.51. The van der Waals surface area contributed by atoms with Crippen molar-refractivity contribution in [2.24, 2.45) is 0 Å². The number of hydrogen-bond acceptors (Lipinski definition) is 4. The number of nitrogens with one attached hydrogen (secondary N) is 1. The molecule has 2 heterocycles. The van der Waals surface area contributed by atoms with Crippen LogP contribution in [0.4, 0.5) is 0 Å². The molecular formula is C15H18N4O. The van der Waals surface area contributed by atoms with Crippen molar-refractivity contribution in [2.75, 3.05) is 0 Å². The van der Waals surface area contributed by atoms with Crippen molar-refractivity contribution >= 4 is 5.91 Å². The normalized spacial score (nSPS) is 11.8. The second-order valence-electron chi connectivity index (χ2n) is 4.51. The summed E-state index contributed by atoms with van der Waals surface area (Å²) >= 11 is 0. The molecular weight excluding hydrogens is 252 g/mol. The maximum atomic E-state index is 12.0. The fraction of sp³-hybridized carbons (Fsp3) is 0.333. The van der Waals surface area contributed by atoms with E-state index in [1.165, 1.54) is 0 Å². The number of nitrogens with zero attached hydrogens (tertiary/aromatic N) is 3. The standard InChI is InChI=1S/C15H18N4O/c1-2-14(12-5-7-16-8-6-12)19-15(20)4-3-13-11-17-9-10-18-13/h5-11,14H,2-4H2,1H3,(H,19,20)/t14-/m0/s1. The molecule has 20 heavy (non-hydrogen) atoms. The van der Waals surface area contributed by atoms with Gasteiger partial charge in [0.2, 0.25) is 5.91 Å². The van der Waals surface area contributed by atoms with E-state index in [-0.39, 0.29) is 11.9 Å². The molecule has 104 valence electrons. The molecule has 2 rings (SSSR count). The number of aryl methyl sites for hydroxylation is 1. The highest BCUT2D eigenvalue weighted by atomic mass is 16.1. The first-order valence-corrected chi connectivity index (χ1v) is 6.73. The Morgan fingerprint density at radius 1 is 1.20 bits per heavy atom. The fourth-order valence-corrected chi connectivity index (χ4v) is 1.98. The molecule has 0 spiro atoms. The molecule has 0 saturated heterocycles. The lowest BCUT2D eigenvalue weighted by Crippen LogP contribution is -2.28. The van der Waals surface area contributed by atoms with Crippen molar-refractivity contribution < 1.29 is 4.79 Å². The molecule has 0 aromatic carbocycles. The van der Waals surface area contributed by atoms with Crippen molar-refractivity contribution in [1.82, 2.24) is 20.3 Å². The van der Waals surface area contributed by atoms with E-state index in [4.69, 9.17) is 0 Å². The van der Waals surface area contributed by atoms with Crippen molar-refractivity contribution in [3.8, 4) is 0 Å². The summed E-state index contributed by atoms with van der Waals surface area (Å²) in [7, 11) is 0. The monoisotopic (exact) mass is 270 g/mol. The molecule has 0 radical (unpaired) electrons. The summed E-state index contributed by atoms with van der Waals surface area (Å²) in [6.07, 6.45) is 10.3. The minimum Gasteiger partial charge on any atom is -0.349 e. The molecule has 2 aromatic rings. The zero-order valence-corrected chi connectivity index (χ0v) is 11.5. The Morgan fingerprint density at radius 3 is 2.65 bits per heavy atom. The number of aromatic nitrogens is 3. The van der Waals surface area contributed by atoms with Crippen LogP contribution in [0.25, 0.3) is 0 Å². The van der Waals surface area contributed by atoms with Gasteiger partial charge in [0.1, 0.15) is 0 Å². The van der Waals surface area contributed by atoms with Gasteiger partial charge in [-0.15, -0.1) is 0 Å². The van der Waals surface area contributed by atoms with Gasteiger partial charge >= 0.3 is 0 Å². The van der Waals surface area contributed by atoms with Crippen molar-refractivity contribution in [3.63, 3.8) is 0 Å². The first-order chi connectivity index (χ1) is 9.79. The SMILES string of the molecule is CC[C@H](NC(=O)CCc1cnccn1)c1ccncc1. The molecule has 0 unspecified atom stereocenters. The minimum atomic E-state index is 0.0271. The quantitative estimate of drug-likeness (QED) is 0.872. The van der Waals surface area contributed by atoms with E-state index in [1.54, 1.807) is 31.0 Å². The molecule has 0 bridgehead atoms. The van der Waals surface area contributed by atoms with Gasteiger partial charge in [0.15, 0.2) is 0 Å². The summed E-state index contributed by atoms with van der Waals surface area (Å²) in [6.45, 7) is 2.05. The van der Waals surface area contributed by atoms with Crippen molar-refractivity contribution in [3.05, 3.63) is 54.4 Å². The summed E-state index contributed by atoms with van der Waals surface area (Å²) in [5.74, 6) is 0.0271. The third kappa shape index (κ3) is 4.12. The summed E-state index contributed by atoms with van der Waals surface area (Å²) < 4.78 is 0. The molecule has 5 nitrogen and oxygen atoms in total. The molecule has 0 saturated carbocycles. The number of rotatable bonds is 6. The van der Waals surface area contributed by atoms with E-state index in [1.807, 2.05) is 19.1 Å². The van der Waals surface area contributed by atoms with Crippen LogP contribution in [0.3, 0.4) is 0 Å². The molecule has 1 amide bonds. The number of hydrogen-bond donors (Lipinski definition) is 1. The van der Waals surface area contributed by atoms with Crippen LogP contribution in [0.5, 0.6) is 0 Å². The second kappa shape index (κ2) is 7.33. The predicted molar refractivity (Wildman–Crippen MR) is 75.8 cm³/mol. The van der Waals surface area contributed by atoms with Gasteiger partial charge < -0.3 is 5.32 Å². The van der Waals surface area contributed by atoms with Crippen LogP contribution in [0, 0.1) is 0 Å². The third-order valence-corrected chi connectivity index (χ3v) is 3.08. The van der Waals surface area contributed by atoms with E-state index in [9.17, 15) is 4.79 Å². The van der Waals surface area contributed by atoms with Crippen LogP contribution >= 0.6 is 0 Å². The average Bonchev–Trinajstić information content (AvgIpc) is 2.52. The lowest BCUT2D eigenvalue weighted by molar-refractivity contribution is -0.121. The maximum absolute atomic E-state index is 12.0. The van der Waals surface area contributed by atoms with Crippen LogP contribution in [-0.4, -0.2) is 20.9 Å². The Bertz CT molecular complexity index is 530. The third-order valence-electron chi connectivity index (χ3n) is 3.08. The van der Waals surface area contributed by atoms with Crippen LogP contribution in [0.15, 0.2) is 43.1 Å². The van der Waals surface area contributed by atoms with Crippen molar-refractivity contribution in [1.29, 1.82) is 0 Å². The molecule has 0 aliphatic rings. The summed E-state index contributed by atoms with van der Waals surface area (Å²) in [5, 5.41) is 3.04. The van der Waals surface area contributed by atoms with Crippen molar-refractivity contribution in [2.45, 2.75) is 32.2 Å². The Labute approximate surface area is 118 Å². The molecule has 1 atom stereocenters. The Kier molecular flexibility index (Phi) is 5.17. The van der Waals surface area contributed by atoms with Gasteiger partial charge in [-0.05, 0) is 30.5 Å². The van der Waals surface area contributed by atoms with Gasteiger partial charge in [0, 0.05) is 37.4 Å². The lowest BCUT2D eigenvalue weighted by Gasteiger charge is -2.17. The number of carbonyl (C=O) groups excluding carboxylic acids is 1. The minimum absolute atomic E-state index is 0.0271. The van der Waals surface area contributed by atoms with Gasteiger partial charge in [0.05, 0.1) is 11.7 Å². The highest BCUT2D eigenvalue weighted by Gasteiger charge is 2.12. The largest absolute Gasteiger partial charge is 0.349 e. The van der Waals surface area contributed by atoms with Gasteiger partial charge in [-0.2, -0.15) is 0 Å². The van der Waals surface area contributed by atoms with Gasteiger partial charge in [-0.25, -0.2) is 0 Å². The molecule has 1 N–H and O–H groups in total. The molecule has 5 heteroatoms. The van der Waals surface area contributed by atoms with E-state index in [2.05, 4.69) is 20.3 Å². The fourth-order valence-electron chi connectivity index (χ4n) is 1.98. The average molecular weight is 270 g/mol. The van der Waals surface area contributed by atoms with Crippen LogP contribution < -0.4 is 5.32 Å². The van der Waals surface area contributed by atoms with E-state index < -0.39 is 0 Å². The van der Waals surface area contributed by atoms with Gasteiger partial charge in [0.25, 0.3) is 0 Å². The molecule has 0 aliphatic carbocycles. The van der Waals surface area contributed by atoms with Crippen LogP contribution in [0.2, 0.25) is 0 Å². The van der Waals surface area contributed by atoms with E-state index >= 15 is 0 Å². The Balaban J connectivity index is 1.87. The van der Waals surface area contributed by atoms with E-state index in [0.717, 1.165) is 17.7 Å². The van der Waals surface area contributed by atoms with Crippen LogP contribution in [0.1, 0.15) is 37.1 Å². The topological polar surface area (TPSA) is 67.8 Å². The highest BCUT2D eigenvalue weighted by Crippen LogP contribution is 2.15.